The molecule has 2 aromatic carbocycles. The van der Waals surface area contributed by atoms with Gasteiger partial charge in [-0.25, -0.2) is 4.39 Å². The summed E-state index contributed by atoms with van der Waals surface area (Å²) in [6.45, 7) is 4.97. The molecule has 1 amide bonds. The number of anilines is 2. The van der Waals surface area contributed by atoms with Gasteiger partial charge in [0.15, 0.2) is 11.6 Å². The molecule has 38 heavy (non-hydrogen) atoms. The summed E-state index contributed by atoms with van der Waals surface area (Å²) in [6, 6.07) is 8.94. The van der Waals surface area contributed by atoms with Gasteiger partial charge < -0.3 is 24.8 Å². The molecular formula is C26H27BF4N4O3. The third kappa shape index (κ3) is 6.62. The largest absolute Gasteiger partial charge is 0.486 e. The van der Waals surface area contributed by atoms with Crippen molar-refractivity contribution in [1.29, 1.82) is 0 Å². The summed E-state index contributed by atoms with van der Waals surface area (Å²) in [4.78, 5) is 20.3. The number of nitrogens with one attached hydrogen (secondary N) is 1. The highest BCUT2D eigenvalue weighted by atomic mass is 19.4. The monoisotopic (exact) mass is 530 g/mol. The van der Waals surface area contributed by atoms with Crippen molar-refractivity contribution in [3.8, 4) is 5.75 Å². The van der Waals surface area contributed by atoms with Gasteiger partial charge in [0.05, 0.1) is 5.56 Å². The van der Waals surface area contributed by atoms with E-state index in [1.165, 1.54) is 24.3 Å². The van der Waals surface area contributed by atoms with Crippen LogP contribution < -0.4 is 15.0 Å². The summed E-state index contributed by atoms with van der Waals surface area (Å²) in [6.07, 6.45) is -1.40. The average Bonchev–Trinajstić information content (AvgIpc) is 2.88. The summed E-state index contributed by atoms with van der Waals surface area (Å²) in [7, 11) is -0.672. The molecular weight excluding hydrogens is 503 g/mol. The molecule has 1 aromatic heterocycles. The Morgan fingerprint density at radius 3 is 2.50 bits per heavy atom. The number of carbonyl (C=O) groups excluding carboxylic acids is 1. The molecule has 0 aliphatic carbocycles. The standard InChI is InChI=1S/C26H27BF4N4O3/c1-17-11-18(15-32-14-17)16-38-24-12-19(3-5-22(24)28)25(36)33-20-4-6-23(21(13-20)26(29,30)31)34-7-9-35(10-8-34)27(2)37/h3-6,11-15,37H,7-10,16H2,1-2H3,(H,33,36). The molecule has 2 N–H and O–H groups in total. The molecule has 0 atom stereocenters. The number of halogens is 4. The summed E-state index contributed by atoms with van der Waals surface area (Å²) < 4.78 is 61.6. The summed E-state index contributed by atoms with van der Waals surface area (Å²) in [5, 5.41) is 12.2. The van der Waals surface area contributed by atoms with E-state index in [0.29, 0.717) is 31.7 Å². The van der Waals surface area contributed by atoms with Crippen molar-refractivity contribution < 1.29 is 32.1 Å². The SMILES string of the molecule is CB(O)N1CCN(c2ccc(NC(=O)c3ccc(F)c(OCc4cncc(C)c4)c3)cc2C(F)(F)F)CC1. The fourth-order valence-electron chi connectivity index (χ4n) is 4.27. The minimum atomic E-state index is -4.65. The average molecular weight is 530 g/mol. The molecule has 200 valence electrons. The zero-order valence-corrected chi connectivity index (χ0v) is 20.9. The maximum Gasteiger partial charge on any atom is 0.418 e. The molecule has 0 saturated carbocycles. The van der Waals surface area contributed by atoms with Gasteiger partial charge in [0.2, 0.25) is 0 Å². The lowest BCUT2D eigenvalue weighted by Gasteiger charge is -2.37. The zero-order valence-electron chi connectivity index (χ0n) is 20.9. The van der Waals surface area contributed by atoms with Crippen molar-refractivity contribution in [3.63, 3.8) is 0 Å². The van der Waals surface area contributed by atoms with Crippen LogP contribution >= 0.6 is 0 Å². The molecule has 7 nitrogen and oxygen atoms in total. The van der Waals surface area contributed by atoms with Gasteiger partial charge in [-0.2, -0.15) is 13.2 Å². The lowest BCUT2D eigenvalue weighted by Crippen LogP contribution is -2.51. The summed E-state index contributed by atoms with van der Waals surface area (Å²) in [5.41, 5.74) is 0.721. The first-order chi connectivity index (χ1) is 18.0. The number of ether oxygens (including phenoxy) is 1. The maximum absolute atomic E-state index is 14.3. The summed E-state index contributed by atoms with van der Waals surface area (Å²) in [5.74, 6) is -1.55. The first kappa shape index (κ1) is 27.4. The Morgan fingerprint density at radius 2 is 1.84 bits per heavy atom. The van der Waals surface area contributed by atoms with Gasteiger partial charge in [-0.05, 0) is 61.8 Å². The Labute approximate surface area is 218 Å². The van der Waals surface area contributed by atoms with E-state index in [1.54, 1.807) is 28.9 Å². The van der Waals surface area contributed by atoms with Crippen LogP contribution in [0.2, 0.25) is 6.82 Å². The van der Waals surface area contributed by atoms with E-state index in [9.17, 15) is 27.4 Å². The molecule has 1 aliphatic rings. The van der Waals surface area contributed by atoms with Crippen LogP contribution in [0.1, 0.15) is 27.0 Å². The van der Waals surface area contributed by atoms with Crippen molar-refractivity contribution >= 4 is 24.3 Å². The number of alkyl halides is 3. The van der Waals surface area contributed by atoms with Crippen LogP contribution in [0.3, 0.4) is 0 Å². The van der Waals surface area contributed by atoms with Crippen molar-refractivity contribution in [1.82, 2.24) is 9.79 Å². The Morgan fingerprint density at radius 1 is 1.11 bits per heavy atom. The first-order valence-corrected chi connectivity index (χ1v) is 12.0. The molecule has 0 spiro atoms. The number of rotatable bonds is 7. The lowest BCUT2D eigenvalue weighted by atomic mass is 9.84. The molecule has 12 heteroatoms. The van der Waals surface area contributed by atoms with Gasteiger partial charge in [-0.1, -0.05) is 0 Å². The van der Waals surface area contributed by atoms with Crippen LogP contribution in [0, 0.1) is 12.7 Å². The van der Waals surface area contributed by atoms with Crippen LogP contribution in [0.15, 0.2) is 54.9 Å². The second kappa shape index (κ2) is 11.4. The Hall–Kier alpha value is -3.64. The van der Waals surface area contributed by atoms with Crippen molar-refractivity contribution in [2.24, 2.45) is 0 Å². The molecule has 1 fully saturated rings. The molecule has 3 aromatic rings. The minimum absolute atomic E-state index is 0.00356. The second-order valence-corrected chi connectivity index (χ2v) is 9.14. The van der Waals surface area contributed by atoms with E-state index < -0.39 is 30.5 Å². The number of aryl methyl sites for hydroxylation is 1. The number of carbonyl (C=O) groups is 1. The fraction of sp³-hybridized carbons (Fsp3) is 0.308. The van der Waals surface area contributed by atoms with E-state index >= 15 is 0 Å². The van der Waals surface area contributed by atoms with Crippen LogP contribution in [0.4, 0.5) is 28.9 Å². The van der Waals surface area contributed by atoms with Crippen LogP contribution in [0.25, 0.3) is 0 Å². The number of aromatic nitrogens is 1. The zero-order chi connectivity index (χ0) is 27.4. The molecule has 2 heterocycles. The highest BCUT2D eigenvalue weighted by molar-refractivity contribution is 6.45. The van der Waals surface area contributed by atoms with Gasteiger partial charge in [0.1, 0.15) is 6.61 Å². The predicted molar refractivity (Wildman–Crippen MR) is 137 cm³/mol. The van der Waals surface area contributed by atoms with Gasteiger partial charge in [0, 0.05) is 61.1 Å². The maximum atomic E-state index is 14.3. The lowest BCUT2D eigenvalue weighted by molar-refractivity contribution is -0.137. The quantitative estimate of drug-likeness (QED) is 0.343. The molecule has 0 bridgehead atoms. The number of hydrogen-bond acceptors (Lipinski definition) is 6. The smallest absolute Gasteiger partial charge is 0.418 e. The highest BCUT2D eigenvalue weighted by Gasteiger charge is 2.36. The Balaban J connectivity index is 1.49. The molecule has 1 aliphatic heterocycles. The summed E-state index contributed by atoms with van der Waals surface area (Å²) >= 11 is 0. The Bertz CT molecular complexity index is 1300. The topological polar surface area (TPSA) is 77.9 Å². The third-order valence-electron chi connectivity index (χ3n) is 6.26. The fourth-order valence-corrected chi connectivity index (χ4v) is 4.27. The molecule has 1 saturated heterocycles. The number of pyridine rings is 1. The predicted octanol–water partition coefficient (Wildman–Crippen LogP) is 4.61. The normalized spacial score (nSPS) is 14.3. The Kier molecular flexibility index (Phi) is 8.22. The van der Waals surface area contributed by atoms with E-state index in [-0.39, 0.29) is 29.3 Å². The van der Waals surface area contributed by atoms with Gasteiger partial charge in [-0.15, -0.1) is 0 Å². The van der Waals surface area contributed by atoms with Crippen LogP contribution in [0.5, 0.6) is 5.75 Å². The van der Waals surface area contributed by atoms with Crippen molar-refractivity contribution in [2.75, 3.05) is 36.4 Å². The third-order valence-corrected chi connectivity index (χ3v) is 6.26. The van der Waals surface area contributed by atoms with Crippen molar-refractivity contribution in [2.45, 2.75) is 26.5 Å². The molecule has 0 radical (unpaired) electrons. The number of piperazine rings is 1. The van der Waals surface area contributed by atoms with Crippen LogP contribution in [-0.2, 0) is 12.8 Å². The molecule has 4 rings (SSSR count). The van der Waals surface area contributed by atoms with E-state index in [1.807, 2.05) is 13.0 Å². The van der Waals surface area contributed by atoms with Gasteiger partial charge in [0.25, 0.3) is 5.91 Å². The van der Waals surface area contributed by atoms with Gasteiger partial charge in [-0.3, -0.25) is 9.78 Å². The second-order valence-electron chi connectivity index (χ2n) is 9.14. The van der Waals surface area contributed by atoms with E-state index in [0.717, 1.165) is 17.7 Å². The van der Waals surface area contributed by atoms with E-state index in [4.69, 9.17) is 4.74 Å². The van der Waals surface area contributed by atoms with Crippen LogP contribution in [-0.4, -0.2) is 54.0 Å². The van der Waals surface area contributed by atoms with E-state index in [2.05, 4.69) is 10.3 Å². The number of nitrogens with zero attached hydrogens (tertiary/aromatic N) is 3. The number of amides is 1. The highest BCUT2D eigenvalue weighted by Crippen LogP contribution is 2.39. The molecule has 0 unspecified atom stereocenters. The van der Waals surface area contributed by atoms with Gasteiger partial charge >= 0.3 is 13.2 Å². The first-order valence-electron chi connectivity index (χ1n) is 12.0. The number of hydrogen-bond donors (Lipinski definition) is 2. The minimum Gasteiger partial charge on any atom is -0.486 e. The van der Waals surface area contributed by atoms with Crippen molar-refractivity contribution in [3.05, 3.63) is 82.9 Å². The number of benzene rings is 2.